The number of carbonyl (C=O) groups excluding carboxylic acids is 3. The SMILES string of the molecule is COc1ccc(N(C)C(=O)C(Cc2cc(F)cc(F)c2)NC(=O)Cn2nc(C(F)(F)F)c3c2CCC(=O)C3)cc1. The van der Waals surface area contributed by atoms with E-state index >= 15 is 0 Å². The van der Waals surface area contributed by atoms with Gasteiger partial charge < -0.3 is 15.0 Å². The molecule has 13 heteroatoms. The number of ketones is 1. The molecule has 0 bridgehead atoms. The summed E-state index contributed by atoms with van der Waals surface area (Å²) in [5, 5.41) is 6.05. The number of anilines is 1. The standard InChI is InChI=1S/C27H25F5N4O4/c1-35(18-3-6-20(40-2)7-4-18)26(39)22(11-15-9-16(28)12-17(29)10-15)33-24(38)14-36-23-8-5-19(37)13-21(23)25(34-36)27(30,31)32/h3-4,6-7,9-10,12,22H,5,8,11,13-14H2,1-2H3,(H,33,38). The summed E-state index contributed by atoms with van der Waals surface area (Å²) in [4.78, 5) is 39.5. The van der Waals surface area contributed by atoms with E-state index in [0.29, 0.717) is 17.5 Å². The van der Waals surface area contributed by atoms with Crippen LogP contribution in [0.3, 0.4) is 0 Å². The zero-order chi connectivity index (χ0) is 29.2. The molecule has 1 unspecified atom stereocenters. The minimum atomic E-state index is -4.83. The van der Waals surface area contributed by atoms with Gasteiger partial charge in [0.05, 0.1) is 7.11 Å². The lowest BCUT2D eigenvalue weighted by Crippen LogP contribution is -2.49. The van der Waals surface area contributed by atoms with Crippen LogP contribution >= 0.6 is 0 Å². The number of rotatable bonds is 8. The number of ether oxygens (including phenoxy) is 1. The average molecular weight is 565 g/mol. The Kier molecular flexibility index (Phi) is 8.21. The van der Waals surface area contributed by atoms with Crippen molar-refractivity contribution in [1.82, 2.24) is 15.1 Å². The molecular weight excluding hydrogens is 539 g/mol. The van der Waals surface area contributed by atoms with Gasteiger partial charge in [0.1, 0.15) is 35.8 Å². The number of alkyl halides is 3. The molecule has 2 aromatic carbocycles. The number of nitrogens with one attached hydrogen (secondary N) is 1. The molecule has 3 aromatic rings. The smallest absolute Gasteiger partial charge is 0.435 e. The van der Waals surface area contributed by atoms with E-state index in [1.54, 1.807) is 24.3 Å². The van der Waals surface area contributed by atoms with Gasteiger partial charge in [-0.2, -0.15) is 18.3 Å². The van der Waals surface area contributed by atoms with Gasteiger partial charge in [-0.3, -0.25) is 19.1 Å². The van der Waals surface area contributed by atoms with Crippen LogP contribution in [0.25, 0.3) is 0 Å². The summed E-state index contributed by atoms with van der Waals surface area (Å²) < 4.78 is 74.4. The molecule has 0 fully saturated rings. The summed E-state index contributed by atoms with van der Waals surface area (Å²) in [6.45, 7) is -0.667. The number of fused-ring (bicyclic) bond motifs is 1. The maximum Gasteiger partial charge on any atom is 0.435 e. The number of benzene rings is 2. The van der Waals surface area contributed by atoms with Crippen molar-refractivity contribution >= 4 is 23.3 Å². The predicted octanol–water partition coefficient (Wildman–Crippen LogP) is 3.64. The van der Waals surface area contributed by atoms with Gasteiger partial charge in [0.25, 0.3) is 0 Å². The zero-order valence-corrected chi connectivity index (χ0v) is 21.5. The summed E-state index contributed by atoms with van der Waals surface area (Å²) in [7, 11) is 2.91. The van der Waals surface area contributed by atoms with Crippen LogP contribution < -0.4 is 15.0 Å². The first-order valence-electron chi connectivity index (χ1n) is 12.2. The Morgan fingerprint density at radius 1 is 1.10 bits per heavy atom. The fourth-order valence-corrected chi connectivity index (χ4v) is 4.61. The van der Waals surface area contributed by atoms with Gasteiger partial charge in [-0.1, -0.05) is 0 Å². The molecule has 1 atom stereocenters. The highest BCUT2D eigenvalue weighted by atomic mass is 19.4. The molecule has 40 heavy (non-hydrogen) atoms. The Labute approximate surface area is 225 Å². The lowest BCUT2D eigenvalue weighted by Gasteiger charge is -2.25. The van der Waals surface area contributed by atoms with Crippen LogP contribution in [-0.4, -0.2) is 47.6 Å². The molecule has 0 spiro atoms. The van der Waals surface area contributed by atoms with E-state index in [2.05, 4.69) is 10.4 Å². The van der Waals surface area contributed by atoms with E-state index in [4.69, 9.17) is 4.74 Å². The fourth-order valence-electron chi connectivity index (χ4n) is 4.61. The normalized spacial score (nSPS) is 13.9. The number of hydrogen-bond acceptors (Lipinski definition) is 5. The summed E-state index contributed by atoms with van der Waals surface area (Å²) in [5.74, 6) is -3.09. The zero-order valence-electron chi connectivity index (χ0n) is 21.5. The third-order valence-corrected chi connectivity index (χ3v) is 6.53. The Morgan fingerprint density at radius 3 is 2.35 bits per heavy atom. The molecule has 1 N–H and O–H groups in total. The molecule has 4 rings (SSSR count). The molecule has 0 saturated carbocycles. The summed E-state index contributed by atoms with van der Waals surface area (Å²) >= 11 is 0. The maximum atomic E-state index is 13.8. The Bertz CT molecular complexity index is 1420. The van der Waals surface area contributed by atoms with Crippen molar-refractivity contribution < 1.29 is 41.1 Å². The van der Waals surface area contributed by atoms with Gasteiger partial charge in [0.2, 0.25) is 11.8 Å². The quantitative estimate of drug-likeness (QED) is 0.422. The first kappa shape index (κ1) is 28.7. The summed E-state index contributed by atoms with van der Waals surface area (Å²) in [6.07, 6.45) is -5.58. The van der Waals surface area contributed by atoms with Gasteiger partial charge in [-0.05, 0) is 48.4 Å². The van der Waals surface area contributed by atoms with E-state index in [1.165, 1.54) is 19.1 Å². The van der Waals surface area contributed by atoms with E-state index in [-0.39, 0.29) is 41.9 Å². The number of amides is 2. The fraction of sp³-hybridized carbons (Fsp3) is 0.333. The number of likely N-dealkylation sites (N-methyl/N-ethyl adjacent to an activating group) is 1. The number of carbonyl (C=O) groups is 3. The second kappa shape index (κ2) is 11.4. The highest BCUT2D eigenvalue weighted by molar-refractivity contribution is 5.99. The number of methoxy groups -OCH3 is 1. The van der Waals surface area contributed by atoms with E-state index in [0.717, 1.165) is 16.8 Å². The van der Waals surface area contributed by atoms with E-state index in [9.17, 15) is 36.3 Å². The molecule has 8 nitrogen and oxygen atoms in total. The van der Waals surface area contributed by atoms with Crippen LogP contribution in [0.4, 0.5) is 27.6 Å². The van der Waals surface area contributed by atoms with Crippen molar-refractivity contribution in [2.24, 2.45) is 0 Å². The van der Waals surface area contributed by atoms with Crippen LogP contribution in [0, 0.1) is 11.6 Å². The van der Waals surface area contributed by atoms with Crippen molar-refractivity contribution in [3.05, 3.63) is 76.6 Å². The minimum absolute atomic E-state index is 0.0104. The van der Waals surface area contributed by atoms with Gasteiger partial charge in [-0.15, -0.1) is 0 Å². The molecule has 212 valence electrons. The number of aromatic nitrogens is 2. The number of hydrogen-bond donors (Lipinski definition) is 1. The lowest BCUT2D eigenvalue weighted by molar-refractivity contribution is -0.142. The molecule has 1 heterocycles. The summed E-state index contributed by atoms with van der Waals surface area (Å²) in [6, 6.07) is 7.75. The van der Waals surface area contributed by atoms with E-state index < -0.39 is 54.3 Å². The first-order valence-corrected chi connectivity index (χ1v) is 12.2. The van der Waals surface area contributed by atoms with Gasteiger partial charge in [-0.25, -0.2) is 8.78 Å². The molecule has 0 radical (unpaired) electrons. The summed E-state index contributed by atoms with van der Waals surface area (Å²) in [5.41, 5.74) is -0.874. The minimum Gasteiger partial charge on any atom is -0.497 e. The van der Waals surface area contributed by atoms with Crippen LogP contribution in [0.15, 0.2) is 42.5 Å². The van der Waals surface area contributed by atoms with Crippen molar-refractivity contribution in [1.29, 1.82) is 0 Å². The highest BCUT2D eigenvalue weighted by Crippen LogP contribution is 2.35. The molecule has 2 amide bonds. The van der Waals surface area contributed by atoms with Crippen molar-refractivity contribution in [3.63, 3.8) is 0 Å². The van der Waals surface area contributed by atoms with Crippen molar-refractivity contribution in [2.45, 2.75) is 44.4 Å². The Balaban J connectivity index is 1.60. The van der Waals surface area contributed by atoms with Crippen LogP contribution in [-0.2, 0) is 46.4 Å². The van der Waals surface area contributed by atoms with Gasteiger partial charge >= 0.3 is 6.18 Å². The molecule has 1 aliphatic rings. The average Bonchev–Trinajstić information content (AvgIpc) is 3.24. The molecular formula is C27H25F5N4O4. The Hall–Kier alpha value is -4.29. The second-order valence-corrected chi connectivity index (χ2v) is 9.34. The molecule has 0 aliphatic heterocycles. The van der Waals surface area contributed by atoms with Crippen LogP contribution in [0.1, 0.15) is 28.9 Å². The molecule has 1 aromatic heterocycles. The maximum absolute atomic E-state index is 13.8. The van der Waals surface area contributed by atoms with Gasteiger partial charge in [0.15, 0.2) is 5.69 Å². The lowest BCUT2D eigenvalue weighted by atomic mass is 9.94. The topological polar surface area (TPSA) is 93.5 Å². The van der Waals surface area contributed by atoms with Crippen molar-refractivity contribution in [2.75, 3.05) is 19.1 Å². The van der Waals surface area contributed by atoms with Gasteiger partial charge in [0, 0.05) is 49.3 Å². The van der Waals surface area contributed by atoms with Crippen LogP contribution in [0.5, 0.6) is 5.75 Å². The molecule has 1 aliphatic carbocycles. The predicted molar refractivity (Wildman–Crippen MR) is 133 cm³/mol. The third-order valence-electron chi connectivity index (χ3n) is 6.53. The monoisotopic (exact) mass is 564 g/mol. The molecule has 0 saturated heterocycles. The van der Waals surface area contributed by atoms with Crippen LogP contribution in [0.2, 0.25) is 0 Å². The second-order valence-electron chi connectivity index (χ2n) is 9.34. The number of Topliss-reactive ketones (excluding diaryl/α,β-unsaturated/α-hetero) is 1. The largest absolute Gasteiger partial charge is 0.497 e. The Morgan fingerprint density at radius 2 is 1.75 bits per heavy atom. The third kappa shape index (κ3) is 6.46. The van der Waals surface area contributed by atoms with E-state index in [1.807, 2.05) is 0 Å². The number of nitrogens with zero attached hydrogens (tertiary/aromatic N) is 3. The number of halogens is 5. The highest BCUT2D eigenvalue weighted by Gasteiger charge is 2.41. The first-order chi connectivity index (χ1) is 18.8. The van der Waals surface area contributed by atoms with Crippen molar-refractivity contribution in [3.8, 4) is 5.75 Å².